The van der Waals surface area contributed by atoms with Crippen LogP contribution in [0, 0.1) is 0 Å². The molecule has 0 radical (unpaired) electrons. The van der Waals surface area contributed by atoms with E-state index >= 15 is 0 Å². The third-order valence-corrected chi connectivity index (χ3v) is 4.85. The molecular formula is C19H23N7O. The Morgan fingerprint density at radius 1 is 1.15 bits per heavy atom. The minimum absolute atomic E-state index is 0.290. The number of aromatic nitrogens is 5. The number of amides is 2. The fraction of sp³-hybridized carbons (Fsp3) is 0.368. The predicted molar refractivity (Wildman–Crippen MR) is 102 cm³/mol. The summed E-state index contributed by atoms with van der Waals surface area (Å²) in [4.78, 5) is 12.5. The van der Waals surface area contributed by atoms with Gasteiger partial charge in [0.2, 0.25) is 0 Å². The smallest absolute Gasteiger partial charge is 0.320 e. The molecule has 0 unspecified atom stereocenters. The van der Waals surface area contributed by atoms with Crippen LogP contribution in [0.4, 0.5) is 10.6 Å². The van der Waals surface area contributed by atoms with Crippen LogP contribution < -0.4 is 10.6 Å². The van der Waals surface area contributed by atoms with Gasteiger partial charge in [0, 0.05) is 25.6 Å². The molecule has 0 fully saturated rings. The summed E-state index contributed by atoms with van der Waals surface area (Å²) in [5, 5.41) is 18.6. The summed E-state index contributed by atoms with van der Waals surface area (Å²) in [5.41, 5.74) is 1.88. The first-order chi connectivity index (χ1) is 13.2. The maximum absolute atomic E-state index is 12.5. The average Bonchev–Trinajstić information content (AvgIpc) is 3.15. The molecule has 8 nitrogen and oxygen atoms in total. The van der Waals surface area contributed by atoms with Crippen LogP contribution in [-0.2, 0) is 26.6 Å². The Morgan fingerprint density at radius 2 is 2.00 bits per heavy atom. The first kappa shape index (κ1) is 17.3. The molecule has 0 spiro atoms. The van der Waals surface area contributed by atoms with Crippen molar-refractivity contribution >= 4 is 11.8 Å². The largest absolute Gasteiger partial charge is 0.331 e. The number of benzene rings is 1. The van der Waals surface area contributed by atoms with Crippen molar-refractivity contribution in [3.63, 3.8) is 0 Å². The number of hydrogen-bond donors (Lipinski definition) is 2. The summed E-state index contributed by atoms with van der Waals surface area (Å²) >= 11 is 0. The quantitative estimate of drug-likeness (QED) is 0.744. The lowest BCUT2D eigenvalue weighted by Crippen LogP contribution is -2.30. The minimum atomic E-state index is -0.290. The van der Waals surface area contributed by atoms with Crippen LogP contribution in [0.1, 0.15) is 30.9 Å². The van der Waals surface area contributed by atoms with E-state index in [9.17, 15) is 4.79 Å². The minimum Gasteiger partial charge on any atom is -0.331 e. The number of rotatable bonds is 4. The van der Waals surface area contributed by atoms with E-state index < -0.39 is 0 Å². The third kappa shape index (κ3) is 3.69. The number of nitrogens with one attached hydrogen (secondary N) is 2. The van der Waals surface area contributed by atoms with E-state index in [1.807, 2.05) is 30.3 Å². The van der Waals surface area contributed by atoms with Gasteiger partial charge in [0.25, 0.3) is 0 Å². The molecule has 2 amide bonds. The maximum Gasteiger partial charge on any atom is 0.320 e. The molecule has 27 heavy (non-hydrogen) atoms. The highest BCUT2D eigenvalue weighted by Crippen LogP contribution is 2.27. The Bertz CT molecular complexity index is 929. The van der Waals surface area contributed by atoms with Crippen LogP contribution >= 0.6 is 0 Å². The van der Waals surface area contributed by atoms with Gasteiger partial charge in [0.05, 0.1) is 12.7 Å². The molecule has 3 aromatic rings. The highest BCUT2D eigenvalue weighted by atomic mass is 16.2. The van der Waals surface area contributed by atoms with Gasteiger partial charge in [-0.15, -0.1) is 10.2 Å². The lowest BCUT2D eigenvalue weighted by Gasteiger charge is -2.11. The number of fused-ring (bicyclic) bond motifs is 1. The van der Waals surface area contributed by atoms with Gasteiger partial charge in [0.15, 0.2) is 5.82 Å². The molecule has 8 heteroatoms. The van der Waals surface area contributed by atoms with Crippen molar-refractivity contribution in [1.29, 1.82) is 0 Å². The van der Waals surface area contributed by atoms with Crippen molar-refractivity contribution in [2.75, 3.05) is 5.32 Å². The van der Waals surface area contributed by atoms with Gasteiger partial charge >= 0.3 is 6.03 Å². The third-order valence-electron chi connectivity index (χ3n) is 4.85. The van der Waals surface area contributed by atoms with Crippen LogP contribution in [0.3, 0.4) is 0 Å². The Kier molecular flexibility index (Phi) is 4.86. The number of nitrogens with zero attached hydrogens (tertiary/aromatic N) is 5. The van der Waals surface area contributed by atoms with E-state index in [0.29, 0.717) is 12.4 Å². The molecule has 0 atom stereocenters. The van der Waals surface area contributed by atoms with Crippen LogP contribution in [-0.4, -0.2) is 30.6 Å². The molecule has 3 heterocycles. The molecule has 2 N–H and O–H groups in total. The second-order valence-corrected chi connectivity index (χ2v) is 6.70. The summed E-state index contributed by atoms with van der Waals surface area (Å²) in [6, 6.07) is 9.58. The van der Waals surface area contributed by atoms with Crippen molar-refractivity contribution < 1.29 is 4.79 Å². The first-order valence-electron chi connectivity index (χ1n) is 9.25. The fourth-order valence-electron chi connectivity index (χ4n) is 3.40. The van der Waals surface area contributed by atoms with Crippen molar-refractivity contribution in [3.05, 3.63) is 48.2 Å². The summed E-state index contributed by atoms with van der Waals surface area (Å²) in [6.07, 6.45) is 6.19. The van der Waals surface area contributed by atoms with Gasteiger partial charge < -0.3 is 9.88 Å². The first-order valence-corrected chi connectivity index (χ1v) is 9.25. The SMILES string of the molecule is Cn1ncc(-c2ccccc2)c1NC(=O)NCc1nnc2n1CCCCC2. The topological polar surface area (TPSA) is 89.7 Å². The van der Waals surface area contributed by atoms with Gasteiger partial charge in [-0.05, 0) is 18.4 Å². The van der Waals surface area contributed by atoms with Crippen LogP contribution in [0.15, 0.2) is 36.5 Å². The van der Waals surface area contributed by atoms with Gasteiger partial charge in [0.1, 0.15) is 11.6 Å². The number of anilines is 1. The van der Waals surface area contributed by atoms with Crippen molar-refractivity contribution in [3.8, 4) is 11.1 Å². The van der Waals surface area contributed by atoms with E-state index in [0.717, 1.165) is 48.6 Å². The fourth-order valence-corrected chi connectivity index (χ4v) is 3.40. The normalized spacial score (nSPS) is 13.7. The molecule has 0 aliphatic carbocycles. The van der Waals surface area contributed by atoms with Gasteiger partial charge in [-0.25, -0.2) is 4.79 Å². The second-order valence-electron chi connectivity index (χ2n) is 6.70. The van der Waals surface area contributed by atoms with Gasteiger partial charge in [-0.2, -0.15) is 5.10 Å². The molecule has 1 aliphatic heterocycles. The Morgan fingerprint density at radius 3 is 2.85 bits per heavy atom. The summed E-state index contributed by atoms with van der Waals surface area (Å²) in [6.45, 7) is 1.26. The molecule has 1 aromatic carbocycles. The van der Waals surface area contributed by atoms with Crippen molar-refractivity contribution in [2.24, 2.45) is 7.05 Å². The van der Waals surface area contributed by atoms with Crippen LogP contribution in [0.25, 0.3) is 11.1 Å². The monoisotopic (exact) mass is 365 g/mol. The molecule has 0 bridgehead atoms. The lowest BCUT2D eigenvalue weighted by atomic mass is 10.1. The summed E-state index contributed by atoms with van der Waals surface area (Å²) in [5.74, 6) is 2.47. The average molecular weight is 365 g/mol. The van der Waals surface area contributed by atoms with E-state index in [1.54, 1.807) is 17.9 Å². The number of hydrogen-bond acceptors (Lipinski definition) is 4. The highest BCUT2D eigenvalue weighted by Gasteiger charge is 2.17. The van der Waals surface area contributed by atoms with Crippen LogP contribution in [0.2, 0.25) is 0 Å². The lowest BCUT2D eigenvalue weighted by molar-refractivity contribution is 0.251. The predicted octanol–water partition coefficient (Wildman–Crippen LogP) is 2.73. The maximum atomic E-state index is 12.5. The number of carbonyl (C=O) groups excluding carboxylic acids is 1. The number of carbonyl (C=O) groups is 1. The standard InChI is InChI=1S/C19H23N7O/c1-25-18(15(12-21-25)14-8-4-2-5-9-14)22-19(27)20-13-17-24-23-16-10-6-3-7-11-26(16)17/h2,4-5,8-9,12H,3,6-7,10-11,13H2,1H3,(H2,20,22,27). The number of aryl methyl sites for hydroxylation is 2. The van der Waals surface area contributed by atoms with E-state index in [-0.39, 0.29) is 6.03 Å². The summed E-state index contributed by atoms with van der Waals surface area (Å²) < 4.78 is 3.79. The number of urea groups is 1. The molecular weight excluding hydrogens is 342 g/mol. The molecule has 1 aliphatic rings. The Hall–Kier alpha value is -3.16. The molecule has 140 valence electrons. The van der Waals surface area contributed by atoms with Crippen LogP contribution in [0.5, 0.6) is 0 Å². The van der Waals surface area contributed by atoms with E-state index in [4.69, 9.17) is 0 Å². The zero-order valence-electron chi connectivity index (χ0n) is 15.4. The van der Waals surface area contributed by atoms with Crippen molar-refractivity contribution in [1.82, 2.24) is 29.9 Å². The Labute approximate surface area is 157 Å². The molecule has 0 saturated carbocycles. The van der Waals surface area contributed by atoms with Crippen molar-refractivity contribution in [2.45, 2.75) is 38.8 Å². The van der Waals surface area contributed by atoms with E-state index in [1.165, 1.54) is 6.42 Å². The molecule has 0 saturated heterocycles. The second kappa shape index (κ2) is 7.61. The summed E-state index contributed by atoms with van der Waals surface area (Å²) in [7, 11) is 1.81. The zero-order valence-corrected chi connectivity index (χ0v) is 15.4. The van der Waals surface area contributed by atoms with E-state index in [2.05, 4.69) is 30.5 Å². The highest BCUT2D eigenvalue weighted by molar-refractivity contribution is 5.92. The van der Waals surface area contributed by atoms with Gasteiger partial charge in [-0.1, -0.05) is 36.8 Å². The van der Waals surface area contributed by atoms with Gasteiger partial charge in [-0.3, -0.25) is 10.00 Å². The molecule has 2 aromatic heterocycles. The molecule has 4 rings (SSSR count). The zero-order chi connectivity index (χ0) is 18.6. The Balaban J connectivity index is 1.44.